The first-order valence-electron chi connectivity index (χ1n) is 7.60. The number of anilines is 2. The van der Waals surface area contributed by atoms with Crippen molar-refractivity contribution in [3.05, 3.63) is 71.5 Å². The summed E-state index contributed by atoms with van der Waals surface area (Å²) in [7, 11) is 0. The van der Waals surface area contributed by atoms with Crippen LogP contribution in [0.1, 0.15) is 10.4 Å². The molecule has 2 N–H and O–H groups in total. The maximum atomic E-state index is 13.6. The minimum Gasteiger partial charge on any atom is -0.483 e. The van der Waals surface area contributed by atoms with Crippen molar-refractivity contribution in [3.8, 4) is 5.75 Å². The van der Waals surface area contributed by atoms with Gasteiger partial charge in [-0.2, -0.15) is 0 Å². The molecule has 0 saturated carbocycles. The summed E-state index contributed by atoms with van der Waals surface area (Å²) >= 11 is 1.29. The SMILES string of the molecule is O=C(COc1ccccc1C(=O)Nc1nccs1)Nc1ccccc1F. The van der Waals surface area contributed by atoms with E-state index in [9.17, 15) is 14.0 Å². The predicted molar refractivity (Wildman–Crippen MR) is 97.0 cm³/mol. The third-order valence-electron chi connectivity index (χ3n) is 3.29. The number of nitrogens with zero attached hydrogens (tertiary/aromatic N) is 1. The molecule has 3 rings (SSSR count). The Kier molecular flexibility index (Phi) is 5.55. The highest BCUT2D eigenvalue weighted by Crippen LogP contribution is 2.21. The molecule has 2 amide bonds. The number of nitrogens with one attached hydrogen (secondary N) is 2. The standard InChI is InChI=1S/C18H14FN3O3S/c19-13-6-2-3-7-14(13)21-16(23)11-25-15-8-4-1-5-12(15)17(24)22-18-20-9-10-26-18/h1-10H,11H2,(H,21,23)(H,20,22,24). The lowest BCUT2D eigenvalue weighted by molar-refractivity contribution is -0.118. The van der Waals surface area contributed by atoms with Crippen molar-refractivity contribution in [3.63, 3.8) is 0 Å². The van der Waals surface area contributed by atoms with Crippen LogP contribution in [-0.2, 0) is 4.79 Å². The highest BCUT2D eigenvalue weighted by Gasteiger charge is 2.15. The first-order chi connectivity index (χ1) is 12.6. The van der Waals surface area contributed by atoms with Gasteiger partial charge in [0.25, 0.3) is 11.8 Å². The number of aromatic nitrogens is 1. The Morgan fingerprint density at radius 1 is 1.08 bits per heavy atom. The number of halogens is 1. The van der Waals surface area contributed by atoms with E-state index in [1.165, 1.54) is 29.5 Å². The van der Waals surface area contributed by atoms with E-state index in [0.29, 0.717) is 5.13 Å². The molecule has 0 saturated heterocycles. The van der Waals surface area contributed by atoms with Crippen LogP contribution in [0.3, 0.4) is 0 Å². The summed E-state index contributed by atoms with van der Waals surface area (Å²) in [5, 5.41) is 7.27. The Morgan fingerprint density at radius 3 is 2.62 bits per heavy atom. The second kappa shape index (κ2) is 8.21. The lowest BCUT2D eigenvalue weighted by Gasteiger charge is -2.11. The van der Waals surface area contributed by atoms with Crippen LogP contribution in [0.25, 0.3) is 0 Å². The zero-order valence-electron chi connectivity index (χ0n) is 13.4. The summed E-state index contributed by atoms with van der Waals surface area (Å²) in [6.45, 7) is -0.365. The van der Waals surface area contributed by atoms with Crippen molar-refractivity contribution in [1.29, 1.82) is 0 Å². The number of rotatable bonds is 6. The summed E-state index contributed by atoms with van der Waals surface area (Å²) in [4.78, 5) is 28.3. The lowest BCUT2D eigenvalue weighted by Crippen LogP contribution is -2.22. The number of para-hydroxylation sites is 2. The van der Waals surface area contributed by atoms with Gasteiger partial charge in [0.05, 0.1) is 11.3 Å². The van der Waals surface area contributed by atoms with Gasteiger partial charge in [-0.15, -0.1) is 11.3 Å². The van der Waals surface area contributed by atoms with Crippen LogP contribution in [0.15, 0.2) is 60.1 Å². The van der Waals surface area contributed by atoms with Crippen molar-refractivity contribution in [2.45, 2.75) is 0 Å². The molecule has 2 aromatic carbocycles. The Balaban J connectivity index is 1.64. The monoisotopic (exact) mass is 371 g/mol. The number of ether oxygens (including phenoxy) is 1. The van der Waals surface area contributed by atoms with Crippen LogP contribution in [0.5, 0.6) is 5.75 Å². The van der Waals surface area contributed by atoms with Crippen LogP contribution in [0, 0.1) is 5.82 Å². The molecule has 0 unspecified atom stereocenters. The molecule has 6 nitrogen and oxygen atoms in total. The summed E-state index contributed by atoms with van der Waals surface area (Å²) in [6.07, 6.45) is 1.58. The minimum atomic E-state index is -0.538. The number of carbonyl (C=O) groups excluding carboxylic acids is 2. The van der Waals surface area contributed by atoms with Gasteiger partial charge in [-0.3, -0.25) is 14.9 Å². The maximum Gasteiger partial charge on any atom is 0.262 e. The molecular weight excluding hydrogens is 357 g/mol. The highest BCUT2D eigenvalue weighted by molar-refractivity contribution is 7.13. The predicted octanol–water partition coefficient (Wildman–Crippen LogP) is 3.55. The van der Waals surface area contributed by atoms with Crippen molar-refractivity contribution in [1.82, 2.24) is 4.98 Å². The molecule has 3 aromatic rings. The van der Waals surface area contributed by atoms with Gasteiger partial charge < -0.3 is 10.1 Å². The molecule has 1 aromatic heterocycles. The fourth-order valence-electron chi connectivity index (χ4n) is 2.12. The van der Waals surface area contributed by atoms with E-state index in [0.717, 1.165) is 0 Å². The van der Waals surface area contributed by atoms with Crippen LogP contribution in [-0.4, -0.2) is 23.4 Å². The lowest BCUT2D eigenvalue weighted by atomic mass is 10.2. The normalized spacial score (nSPS) is 10.2. The second-order valence-corrected chi connectivity index (χ2v) is 6.00. The fraction of sp³-hybridized carbons (Fsp3) is 0.0556. The average molecular weight is 371 g/mol. The fourth-order valence-corrected chi connectivity index (χ4v) is 2.65. The molecule has 0 aliphatic rings. The number of hydrogen-bond donors (Lipinski definition) is 2. The van der Waals surface area contributed by atoms with E-state index in [4.69, 9.17) is 4.74 Å². The number of carbonyl (C=O) groups is 2. The third kappa shape index (κ3) is 4.42. The number of thiazole rings is 1. The van der Waals surface area contributed by atoms with Gasteiger partial charge in [0.2, 0.25) is 0 Å². The zero-order valence-corrected chi connectivity index (χ0v) is 14.3. The molecule has 1 heterocycles. The number of amides is 2. The first kappa shape index (κ1) is 17.6. The molecule has 0 spiro atoms. The molecule has 0 aliphatic heterocycles. The second-order valence-electron chi connectivity index (χ2n) is 5.10. The zero-order chi connectivity index (χ0) is 18.4. The molecule has 8 heteroatoms. The molecular formula is C18H14FN3O3S. The summed E-state index contributed by atoms with van der Waals surface area (Å²) in [6, 6.07) is 12.3. The van der Waals surface area contributed by atoms with Crippen molar-refractivity contribution >= 4 is 34.0 Å². The van der Waals surface area contributed by atoms with E-state index in [-0.39, 0.29) is 23.6 Å². The van der Waals surface area contributed by atoms with E-state index in [1.54, 1.807) is 41.9 Å². The number of hydrogen-bond acceptors (Lipinski definition) is 5. The molecule has 26 heavy (non-hydrogen) atoms. The third-order valence-corrected chi connectivity index (χ3v) is 3.98. The van der Waals surface area contributed by atoms with Gasteiger partial charge in [0.1, 0.15) is 11.6 Å². The Morgan fingerprint density at radius 2 is 1.85 bits per heavy atom. The molecule has 0 bridgehead atoms. The average Bonchev–Trinajstić information content (AvgIpc) is 3.15. The molecule has 0 atom stereocenters. The molecule has 0 radical (unpaired) electrons. The van der Waals surface area contributed by atoms with Crippen LogP contribution < -0.4 is 15.4 Å². The van der Waals surface area contributed by atoms with E-state index < -0.39 is 17.6 Å². The van der Waals surface area contributed by atoms with Crippen molar-refractivity contribution in [2.24, 2.45) is 0 Å². The molecule has 132 valence electrons. The topological polar surface area (TPSA) is 80.3 Å². The first-order valence-corrected chi connectivity index (χ1v) is 8.48. The summed E-state index contributed by atoms with van der Waals surface area (Å²) in [5.41, 5.74) is 0.331. The minimum absolute atomic E-state index is 0.0656. The highest BCUT2D eigenvalue weighted by atomic mass is 32.1. The van der Waals surface area contributed by atoms with Crippen LogP contribution in [0.2, 0.25) is 0 Å². The quantitative estimate of drug-likeness (QED) is 0.694. The molecule has 0 aliphatic carbocycles. The van der Waals surface area contributed by atoms with Crippen molar-refractivity contribution < 1.29 is 18.7 Å². The summed E-state index contributed by atoms with van der Waals surface area (Å²) in [5.74, 6) is -1.23. The summed E-state index contributed by atoms with van der Waals surface area (Å²) < 4.78 is 19.0. The largest absolute Gasteiger partial charge is 0.483 e. The maximum absolute atomic E-state index is 13.6. The van der Waals surface area contributed by atoms with Gasteiger partial charge in [-0.25, -0.2) is 9.37 Å². The van der Waals surface area contributed by atoms with E-state index >= 15 is 0 Å². The van der Waals surface area contributed by atoms with Gasteiger partial charge >= 0.3 is 0 Å². The Hall–Kier alpha value is -3.26. The van der Waals surface area contributed by atoms with E-state index in [2.05, 4.69) is 15.6 Å². The van der Waals surface area contributed by atoms with Crippen molar-refractivity contribution in [2.75, 3.05) is 17.2 Å². The van der Waals surface area contributed by atoms with Gasteiger partial charge in [0.15, 0.2) is 11.7 Å². The number of benzene rings is 2. The van der Waals surface area contributed by atoms with E-state index in [1.807, 2.05) is 0 Å². The smallest absolute Gasteiger partial charge is 0.262 e. The van der Waals surface area contributed by atoms with Crippen LogP contribution in [0.4, 0.5) is 15.2 Å². The Labute approximate surface area is 152 Å². The van der Waals surface area contributed by atoms with Gasteiger partial charge in [0, 0.05) is 11.6 Å². The van der Waals surface area contributed by atoms with Crippen LogP contribution >= 0.6 is 11.3 Å². The van der Waals surface area contributed by atoms with Gasteiger partial charge in [-0.1, -0.05) is 24.3 Å². The van der Waals surface area contributed by atoms with Gasteiger partial charge in [-0.05, 0) is 24.3 Å². The Bertz CT molecular complexity index is 916. The molecule has 0 fully saturated rings.